The predicted octanol–water partition coefficient (Wildman–Crippen LogP) is 1.03. The lowest BCUT2D eigenvalue weighted by Gasteiger charge is -1.99. The lowest BCUT2D eigenvalue weighted by atomic mass is 10.5. The molecular formula is C10H16N2O4S. The Morgan fingerprint density at radius 3 is 3.06 bits per heavy atom. The van der Waals surface area contributed by atoms with Crippen LogP contribution in [0, 0.1) is 0 Å². The highest BCUT2D eigenvalue weighted by Gasteiger charge is 2.12. The SMILES string of the molecule is CCOC(=O)c1coc(NCCCS(C)=O)n1. The van der Waals surface area contributed by atoms with Crippen LogP contribution in [0.25, 0.3) is 0 Å². The Balaban J connectivity index is 2.35. The van der Waals surface area contributed by atoms with E-state index < -0.39 is 16.8 Å². The summed E-state index contributed by atoms with van der Waals surface area (Å²) in [6.45, 7) is 2.63. The van der Waals surface area contributed by atoms with Gasteiger partial charge in [0.25, 0.3) is 6.01 Å². The van der Waals surface area contributed by atoms with Crippen LogP contribution in [0.15, 0.2) is 10.7 Å². The maximum absolute atomic E-state index is 11.3. The topological polar surface area (TPSA) is 81.4 Å². The fourth-order valence-electron chi connectivity index (χ4n) is 1.12. The molecule has 0 saturated carbocycles. The average molecular weight is 260 g/mol. The highest BCUT2D eigenvalue weighted by Crippen LogP contribution is 2.08. The summed E-state index contributed by atoms with van der Waals surface area (Å²) in [4.78, 5) is 15.2. The van der Waals surface area contributed by atoms with E-state index in [0.29, 0.717) is 18.9 Å². The van der Waals surface area contributed by atoms with Crippen LogP contribution in [0.4, 0.5) is 6.01 Å². The summed E-state index contributed by atoms with van der Waals surface area (Å²) in [6.07, 6.45) is 3.66. The molecule has 0 aliphatic heterocycles. The zero-order valence-corrected chi connectivity index (χ0v) is 10.7. The van der Waals surface area contributed by atoms with E-state index in [1.807, 2.05) is 0 Å². The van der Waals surface area contributed by atoms with Crippen LogP contribution < -0.4 is 5.32 Å². The molecule has 0 spiro atoms. The number of esters is 1. The first kappa shape index (κ1) is 13.7. The molecule has 1 rings (SSSR count). The van der Waals surface area contributed by atoms with Crippen molar-refractivity contribution >= 4 is 22.8 Å². The van der Waals surface area contributed by atoms with E-state index in [9.17, 15) is 9.00 Å². The highest BCUT2D eigenvalue weighted by atomic mass is 32.2. The summed E-state index contributed by atoms with van der Waals surface area (Å²) < 4.78 is 20.6. The van der Waals surface area contributed by atoms with Crippen molar-refractivity contribution in [1.29, 1.82) is 0 Å². The number of aromatic nitrogens is 1. The van der Waals surface area contributed by atoms with Crippen LogP contribution in [0.5, 0.6) is 0 Å². The number of carbonyl (C=O) groups is 1. The number of anilines is 1. The molecule has 7 heteroatoms. The molecule has 1 heterocycles. The molecule has 0 amide bonds. The van der Waals surface area contributed by atoms with Crippen LogP contribution in [-0.4, -0.2) is 40.3 Å². The van der Waals surface area contributed by atoms with E-state index >= 15 is 0 Å². The van der Waals surface area contributed by atoms with Gasteiger partial charge in [-0.05, 0) is 13.3 Å². The Bertz CT molecular complexity index is 391. The standard InChI is InChI=1S/C10H16N2O4S/c1-3-15-9(13)8-7-16-10(12-8)11-5-4-6-17(2)14/h7H,3-6H2,1-2H3,(H,11,12). The molecule has 0 saturated heterocycles. The molecule has 0 aliphatic rings. The molecule has 1 unspecified atom stereocenters. The van der Waals surface area contributed by atoms with Crippen LogP contribution >= 0.6 is 0 Å². The average Bonchev–Trinajstić information content (AvgIpc) is 2.73. The molecular weight excluding hydrogens is 244 g/mol. The largest absolute Gasteiger partial charge is 0.461 e. The van der Waals surface area contributed by atoms with Gasteiger partial charge in [-0.3, -0.25) is 4.21 Å². The summed E-state index contributed by atoms with van der Waals surface area (Å²) in [5.74, 6) is 0.122. The van der Waals surface area contributed by atoms with Gasteiger partial charge in [-0.1, -0.05) is 0 Å². The first-order chi connectivity index (χ1) is 8.13. The minimum absolute atomic E-state index is 0.147. The molecule has 0 bridgehead atoms. The molecule has 0 aliphatic carbocycles. The molecule has 0 fully saturated rings. The third kappa shape index (κ3) is 4.99. The molecule has 6 nitrogen and oxygen atoms in total. The van der Waals surface area contributed by atoms with Crippen molar-refractivity contribution in [3.8, 4) is 0 Å². The Hall–Kier alpha value is -1.37. The Kier molecular flexibility index (Phi) is 5.68. The predicted molar refractivity (Wildman–Crippen MR) is 64.5 cm³/mol. The number of hydrogen-bond acceptors (Lipinski definition) is 6. The molecule has 1 aromatic heterocycles. The molecule has 1 atom stereocenters. The quantitative estimate of drug-likeness (QED) is 0.582. The third-order valence-corrected chi connectivity index (χ3v) is 2.74. The van der Waals surface area contributed by atoms with Gasteiger partial charge >= 0.3 is 5.97 Å². The fraction of sp³-hybridized carbons (Fsp3) is 0.600. The van der Waals surface area contributed by atoms with E-state index in [2.05, 4.69) is 10.3 Å². The van der Waals surface area contributed by atoms with Gasteiger partial charge in [0, 0.05) is 29.4 Å². The van der Waals surface area contributed by atoms with Gasteiger partial charge in [0.2, 0.25) is 0 Å². The number of nitrogens with zero attached hydrogens (tertiary/aromatic N) is 1. The van der Waals surface area contributed by atoms with E-state index in [1.165, 1.54) is 6.26 Å². The van der Waals surface area contributed by atoms with E-state index in [-0.39, 0.29) is 11.7 Å². The summed E-state index contributed by atoms with van der Waals surface area (Å²) in [5, 5.41) is 2.90. The fourth-order valence-corrected chi connectivity index (χ4v) is 1.68. The van der Waals surface area contributed by atoms with E-state index in [1.54, 1.807) is 13.2 Å². The lowest BCUT2D eigenvalue weighted by Crippen LogP contribution is -2.08. The number of hydrogen-bond donors (Lipinski definition) is 1. The second-order valence-corrected chi connectivity index (χ2v) is 4.87. The van der Waals surface area contributed by atoms with Gasteiger partial charge in [0.1, 0.15) is 6.26 Å². The first-order valence-electron chi connectivity index (χ1n) is 5.30. The van der Waals surface area contributed by atoms with Gasteiger partial charge in [-0.15, -0.1) is 0 Å². The molecule has 17 heavy (non-hydrogen) atoms. The van der Waals surface area contributed by atoms with Crippen molar-refractivity contribution in [3.63, 3.8) is 0 Å². The van der Waals surface area contributed by atoms with E-state index in [4.69, 9.17) is 9.15 Å². The van der Waals surface area contributed by atoms with E-state index in [0.717, 1.165) is 6.42 Å². The van der Waals surface area contributed by atoms with Crippen molar-refractivity contribution < 1.29 is 18.2 Å². The minimum atomic E-state index is -0.793. The van der Waals surface area contributed by atoms with Gasteiger partial charge < -0.3 is 14.5 Å². The van der Waals surface area contributed by atoms with Crippen molar-refractivity contribution in [2.24, 2.45) is 0 Å². The number of carbonyl (C=O) groups excluding carboxylic acids is 1. The third-order valence-electron chi connectivity index (χ3n) is 1.87. The van der Waals surface area contributed by atoms with Gasteiger partial charge in [0.15, 0.2) is 5.69 Å². The van der Waals surface area contributed by atoms with Gasteiger partial charge in [-0.2, -0.15) is 4.98 Å². The summed E-state index contributed by atoms with van der Waals surface area (Å²) in [7, 11) is -0.793. The number of ether oxygens (including phenoxy) is 1. The molecule has 1 N–H and O–H groups in total. The Labute approximate surface area is 102 Å². The molecule has 96 valence electrons. The number of oxazole rings is 1. The van der Waals surface area contributed by atoms with Crippen LogP contribution in [0.2, 0.25) is 0 Å². The summed E-state index contributed by atoms with van der Waals surface area (Å²) in [6, 6.07) is 0.273. The molecule has 0 aromatic carbocycles. The highest BCUT2D eigenvalue weighted by molar-refractivity contribution is 7.84. The van der Waals surface area contributed by atoms with Gasteiger partial charge in [-0.25, -0.2) is 4.79 Å². The number of nitrogens with one attached hydrogen (secondary N) is 1. The molecule has 1 aromatic rings. The summed E-state index contributed by atoms with van der Waals surface area (Å²) >= 11 is 0. The molecule has 0 radical (unpaired) electrons. The van der Waals surface area contributed by atoms with Crippen LogP contribution in [0.3, 0.4) is 0 Å². The zero-order valence-electron chi connectivity index (χ0n) is 9.89. The Morgan fingerprint density at radius 2 is 2.41 bits per heavy atom. The second kappa shape index (κ2) is 7.05. The van der Waals surface area contributed by atoms with Crippen molar-refractivity contribution in [3.05, 3.63) is 12.0 Å². The van der Waals surface area contributed by atoms with Crippen molar-refractivity contribution in [1.82, 2.24) is 4.98 Å². The maximum Gasteiger partial charge on any atom is 0.360 e. The monoisotopic (exact) mass is 260 g/mol. The van der Waals surface area contributed by atoms with Gasteiger partial charge in [0.05, 0.1) is 6.61 Å². The van der Waals surface area contributed by atoms with Crippen molar-refractivity contribution in [2.45, 2.75) is 13.3 Å². The smallest absolute Gasteiger partial charge is 0.360 e. The normalized spacial score (nSPS) is 12.1. The first-order valence-corrected chi connectivity index (χ1v) is 7.02. The summed E-state index contributed by atoms with van der Waals surface area (Å²) in [5.41, 5.74) is 0.147. The maximum atomic E-state index is 11.3. The number of rotatable bonds is 7. The lowest BCUT2D eigenvalue weighted by molar-refractivity contribution is 0.0519. The second-order valence-electron chi connectivity index (χ2n) is 3.32. The van der Waals surface area contributed by atoms with Crippen LogP contribution in [0.1, 0.15) is 23.8 Å². The zero-order chi connectivity index (χ0) is 12.7. The van der Waals surface area contributed by atoms with Crippen LogP contribution in [-0.2, 0) is 15.5 Å². The minimum Gasteiger partial charge on any atom is -0.461 e. The van der Waals surface area contributed by atoms with Crippen molar-refractivity contribution in [2.75, 3.05) is 30.5 Å². The Morgan fingerprint density at radius 1 is 1.65 bits per heavy atom.